The van der Waals surface area contributed by atoms with Crippen LogP contribution in [0.3, 0.4) is 0 Å². The van der Waals surface area contributed by atoms with E-state index in [2.05, 4.69) is 16.0 Å². The molecule has 0 aliphatic carbocycles. The zero-order valence-electron chi connectivity index (χ0n) is 15.9. The van der Waals surface area contributed by atoms with Gasteiger partial charge in [0.15, 0.2) is 0 Å². The summed E-state index contributed by atoms with van der Waals surface area (Å²) in [4.78, 5) is 39.4. The molecule has 2 fully saturated rings. The molecular weight excluding hydrogens is 427 g/mol. The third kappa shape index (κ3) is 4.22. The van der Waals surface area contributed by atoms with E-state index in [1.165, 1.54) is 0 Å². The summed E-state index contributed by atoms with van der Waals surface area (Å²) in [6.45, 7) is 0.270. The Balaban J connectivity index is 1.39. The van der Waals surface area contributed by atoms with Crippen LogP contribution in [0.1, 0.15) is 12.0 Å². The molecule has 156 valence electrons. The standard InChI is InChI=1S/C21H20Cl2N4O3/c22-14-7-4-8-15(23)18(14)26-21(30)24-13-10-17-19(28)25-16(20(29)27(17)11-13)9-12-5-2-1-3-6-12/h1-8,13,16-17H,9-11H2,(H,25,28)(H2,24,26,30)/t13-,16+,17-/m0/s1. The normalized spacial score (nSPS) is 23.0. The van der Waals surface area contributed by atoms with E-state index in [-0.39, 0.29) is 24.4 Å². The highest BCUT2D eigenvalue weighted by atomic mass is 35.5. The fourth-order valence-electron chi connectivity index (χ4n) is 3.90. The number of hydrogen-bond acceptors (Lipinski definition) is 3. The van der Waals surface area contributed by atoms with Crippen LogP contribution >= 0.6 is 23.2 Å². The maximum Gasteiger partial charge on any atom is 0.319 e. The molecule has 2 aromatic carbocycles. The fourth-order valence-corrected chi connectivity index (χ4v) is 4.39. The molecule has 0 unspecified atom stereocenters. The average molecular weight is 447 g/mol. The number of carbonyl (C=O) groups excluding carboxylic acids is 3. The van der Waals surface area contributed by atoms with Crippen LogP contribution in [0.2, 0.25) is 10.0 Å². The molecule has 2 aromatic rings. The summed E-state index contributed by atoms with van der Waals surface area (Å²) in [5, 5.41) is 8.90. The minimum Gasteiger partial charge on any atom is -0.342 e. The van der Waals surface area contributed by atoms with Gasteiger partial charge in [0, 0.05) is 13.0 Å². The van der Waals surface area contributed by atoms with Gasteiger partial charge in [-0.25, -0.2) is 4.79 Å². The molecule has 4 amide bonds. The first-order valence-electron chi connectivity index (χ1n) is 9.58. The molecule has 2 saturated heterocycles. The Labute approximate surface area is 183 Å². The number of carbonyl (C=O) groups is 3. The van der Waals surface area contributed by atoms with E-state index in [0.29, 0.717) is 28.6 Å². The van der Waals surface area contributed by atoms with E-state index >= 15 is 0 Å². The zero-order valence-corrected chi connectivity index (χ0v) is 17.4. The number of para-hydroxylation sites is 1. The van der Waals surface area contributed by atoms with Gasteiger partial charge in [0.25, 0.3) is 0 Å². The van der Waals surface area contributed by atoms with Crippen molar-refractivity contribution in [1.82, 2.24) is 15.5 Å². The summed E-state index contributed by atoms with van der Waals surface area (Å²) in [6, 6.07) is 12.4. The summed E-state index contributed by atoms with van der Waals surface area (Å²) >= 11 is 12.2. The lowest BCUT2D eigenvalue weighted by molar-refractivity contribution is -0.147. The molecule has 0 radical (unpaired) electrons. The van der Waals surface area contributed by atoms with Crippen LogP contribution in [0.15, 0.2) is 48.5 Å². The van der Waals surface area contributed by atoms with Crippen LogP contribution in [0, 0.1) is 0 Å². The molecule has 0 saturated carbocycles. The van der Waals surface area contributed by atoms with Crippen molar-refractivity contribution in [3.8, 4) is 0 Å². The van der Waals surface area contributed by atoms with Gasteiger partial charge < -0.3 is 20.9 Å². The minimum absolute atomic E-state index is 0.137. The molecule has 0 aromatic heterocycles. The highest BCUT2D eigenvalue weighted by Gasteiger charge is 2.46. The molecule has 7 nitrogen and oxygen atoms in total. The second-order valence-electron chi connectivity index (χ2n) is 7.39. The number of halogens is 2. The molecule has 9 heteroatoms. The molecular formula is C21H20Cl2N4O3. The Morgan fingerprint density at radius 3 is 2.47 bits per heavy atom. The predicted octanol–water partition coefficient (Wildman–Crippen LogP) is 2.83. The van der Waals surface area contributed by atoms with Gasteiger partial charge in [0.2, 0.25) is 11.8 Å². The third-order valence-corrected chi connectivity index (χ3v) is 5.95. The molecule has 3 N–H and O–H groups in total. The number of rotatable bonds is 4. The van der Waals surface area contributed by atoms with Gasteiger partial charge in [-0.15, -0.1) is 0 Å². The van der Waals surface area contributed by atoms with Gasteiger partial charge in [-0.1, -0.05) is 59.6 Å². The quantitative estimate of drug-likeness (QED) is 0.674. The molecule has 2 aliphatic rings. The highest BCUT2D eigenvalue weighted by molar-refractivity contribution is 6.39. The van der Waals surface area contributed by atoms with Gasteiger partial charge in [-0.2, -0.15) is 0 Å². The minimum atomic E-state index is -0.606. The Kier molecular flexibility index (Phi) is 5.83. The molecule has 2 heterocycles. The largest absolute Gasteiger partial charge is 0.342 e. The van der Waals surface area contributed by atoms with Crippen molar-refractivity contribution in [3.05, 3.63) is 64.1 Å². The second kappa shape index (κ2) is 8.53. The number of nitrogens with zero attached hydrogens (tertiary/aromatic N) is 1. The first-order valence-corrected chi connectivity index (χ1v) is 10.3. The third-order valence-electron chi connectivity index (χ3n) is 5.32. The van der Waals surface area contributed by atoms with E-state index in [4.69, 9.17) is 23.2 Å². The number of nitrogens with one attached hydrogen (secondary N) is 3. The predicted molar refractivity (Wildman–Crippen MR) is 115 cm³/mol. The fraction of sp³-hybridized carbons (Fsp3) is 0.286. The monoisotopic (exact) mass is 446 g/mol. The van der Waals surface area contributed by atoms with E-state index in [0.717, 1.165) is 5.56 Å². The van der Waals surface area contributed by atoms with Crippen molar-refractivity contribution in [2.75, 3.05) is 11.9 Å². The van der Waals surface area contributed by atoms with E-state index in [9.17, 15) is 14.4 Å². The van der Waals surface area contributed by atoms with Crippen molar-refractivity contribution in [2.24, 2.45) is 0 Å². The first kappa shape index (κ1) is 20.5. The van der Waals surface area contributed by atoms with Crippen LogP contribution in [-0.4, -0.2) is 47.4 Å². The zero-order chi connectivity index (χ0) is 21.3. The molecule has 3 atom stereocenters. The lowest BCUT2D eigenvalue weighted by Crippen LogP contribution is -2.61. The van der Waals surface area contributed by atoms with Crippen LogP contribution in [0.25, 0.3) is 0 Å². The number of urea groups is 1. The SMILES string of the molecule is O=C(Nc1c(Cl)cccc1Cl)N[C@H]1C[C@H]2C(=O)N[C@H](Cc3ccccc3)C(=O)N2C1. The maximum atomic E-state index is 12.9. The number of hydrogen-bond donors (Lipinski definition) is 3. The van der Waals surface area contributed by atoms with Crippen LogP contribution in [0.4, 0.5) is 10.5 Å². The Morgan fingerprint density at radius 1 is 1.07 bits per heavy atom. The van der Waals surface area contributed by atoms with E-state index in [1.54, 1.807) is 23.1 Å². The van der Waals surface area contributed by atoms with E-state index < -0.39 is 18.1 Å². The molecule has 0 bridgehead atoms. The number of benzene rings is 2. The lowest BCUT2D eigenvalue weighted by atomic mass is 10.0. The molecule has 4 rings (SSSR count). The Hall–Kier alpha value is -2.77. The van der Waals surface area contributed by atoms with E-state index in [1.807, 2.05) is 30.3 Å². The summed E-state index contributed by atoms with van der Waals surface area (Å²) in [5.74, 6) is -0.336. The average Bonchev–Trinajstić information content (AvgIpc) is 3.14. The number of anilines is 1. The van der Waals surface area contributed by atoms with Crippen molar-refractivity contribution >= 4 is 46.7 Å². The lowest BCUT2D eigenvalue weighted by Gasteiger charge is -2.34. The summed E-state index contributed by atoms with van der Waals surface area (Å²) in [5.41, 5.74) is 1.28. The van der Waals surface area contributed by atoms with Crippen molar-refractivity contribution in [1.29, 1.82) is 0 Å². The van der Waals surface area contributed by atoms with Gasteiger partial charge in [0.05, 0.1) is 21.8 Å². The van der Waals surface area contributed by atoms with Gasteiger partial charge >= 0.3 is 6.03 Å². The highest BCUT2D eigenvalue weighted by Crippen LogP contribution is 2.30. The maximum absolute atomic E-state index is 12.9. The van der Waals surface area contributed by atoms with Crippen LogP contribution in [0.5, 0.6) is 0 Å². The topological polar surface area (TPSA) is 90.5 Å². The number of amides is 4. The van der Waals surface area contributed by atoms with Gasteiger partial charge in [0.1, 0.15) is 12.1 Å². The van der Waals surface area contributed by atoms with Gasteiger partial charge in [-0.3, -0.25) is 9.59 Å². The summed E-state index contributed by atoms with van der Waals surface area (Å²) in [7, 11) is 0. The van der Waals surface area contributed by atoms with Crippen molar-refractivity contribution in [3.63, 3.8) is 0 Å². The Bertz CT molecular complexity index is 965. The smallest absolute Gasteiger partial charge is 0.319 e. The number of piperazine rings is 1. The Morgan fingerprint density at radius 2 is 1.77 bits per heavy atom. The van der Waals surface area contributed by atoms with Gasteiger partial charge in [-0.05, 0) is 24.1 Å². The number of fused-ring (bicyclic) bond motifs is 1. The van der Waals surface area contributed by atoms with Crippen molar-refractivity contribution in [2.45, 2.75) is 31.0 Å². The van der Waals surface area contributed by atoms with Crippen molar-refractivity contribution < 1.29 is 14.4 Å². The summed E-state index contributed by atoms with van der Waals surface area (Å²) < 4.78 is 0. The molecule has 0 spiro atoms. The van der Waals surface area contributed by atoms with Crippen LogP contribution < -0.4 is 16.0 Å². The van der Waals surface area contributed by atoms with Crippen LogP contribution in [-0.2, 0) is 16.0 Å². The molecule has 30 heavy (non-hydrogen) atoms. The molecule has 2 aliphatic heterocycles. The second-order valence-corrected chi connectivity index (χ2v) is 8.20. The first-order chi connectivity index (χ1) is 14.4. The summed E-state index contributed by atoms with van der Waals surface area (Å²) in [6.07, 6.45) is 0.775.